The summed E-state index contributed by atoms with van der Waals surface area (Å²) in [7, 11) is 1.82. The molecule has 0 aromatic carbocycles. The van der Waals surface area contributed by atoms with Crippen molar-refractivity contribution < 1.29 is 0 Å². The summed E-state index contributed by atoms with van der Waals surface area (Å²) in [5, 5.41) is 3.73. The lowest BCUT2D eigenvalue weighted by molar-refractivity contribution is 1.22. The fraction of sp³-hybridized carbons (Fsp3) is 0.125. The number of rotatable bonds is 2. The van der Waals surface area contributed by atoms with Crippen LogP contribution in [0.2, 0.25) is 0 Å². The molecule has 2 aromatic rings. The van der Waals surface area contributed by atoms with Crippen LogP contribution in [0.25, 0.3) is 11.5 Å². The monoisotopic (exact) mass is 270 g/mol. The van der Waals surface area contributed by atoms with Crippen molar-refractivity contribution >= 4 is 32.6 Å². The summed E-state index contributed by atoms with van der Waals surface area (Å²) in [5.74, 6) is 0.645. The lowest BCUT2D eigenvalue weighted by atomic mass is 10.3. The molecule has 0 bridgehead atoms. The van der Waals surface area contributed by atoms with Gasteiger partial charge in [0, 0.05) is 29.2 Å². The molecule has 72 valence electrons. The predicted molar refractivity (Wildman–Crippen MR) is 60.4 cm³/mol. The van der Waals surface area contributed by atoms with Gasteiger partial charge in [0.05, 0.1) is 0 Å². The van der Waals surface area contributed by atoms with Crippen LogP contribution in [0.3, 0.4) is 0 Å². The molecular formula is C8H7BrN4S. The molecule has 2 aromatic heterocycles. The van der Waals surface area contributed by atoms with Gasteiger partial charge in [0.2, 0.25) is 5.13 Å². The van der Waals surface area contributed by atoms with Gasteiger partial charge in [0.15, 0.2) is 5.82 Å². The molecule has 0 aliphatic heterocycles. The van der Waals surface area contributed by atoms with E-state index in [9.17, 15) is 0 Å². The van der Waals surface area contributed by atoms with Crippen molar-refractivity contribution in [3.8, 4) is 11.5 Å². The van der Waals surface area contributed by atoms with Crippen molar-refractivity contribution in [3.05, 3.63) is 22.8 Å². The van der Waals surface area contributed by atoms with E-state index in [4.69, 9.17) is 0 Å². The number of hydrogen-bond donors (Lipinski definition) is 1. The Bertz CT molecular complexity index is 442. The minimum absolute atomic E-state index is 0.645. The highest BCUT2D eigenvalue weighted by molar-refractivity contribution is 9.10. The van der Waals surface area contributed by atoms with E-state index in [2.05, 4.69) is 35.6 Å². The SMILES string of the molecule is CNc1nc(-c2ncccc2Br)ns1. The third kappa shape index (κ3) is 1.76. The van der Waals surface area contributed by atoms with E-state index < -0.39 is 0 Å². The number of halogens is 1. The Labute approximate surface area is 93.7 Å². The van der Waals surface area contributed by atoms with Crippen LogP contribution >= 0.6 is 27.5 Å². The van der Waals surface area contributed by atoms with Crippen LogP contribution in [0.5, 0.6) is 0 Å². The van der Waals surface area contributed by atoms with Crippen LogP contribution < -0.4 is 5.32 Å². The van der Waals surface area contributed by atoms with Gasteiger partial charge in [-0.1, -0.05) is 0 Å². The molecular weight excluding hydrogens is 264 g/mol. The van der Waals surface area contributed by atoms with Gasteiger partial charge >= 0.3 is 0 Å². The van der Waals surface area contributed by atoms with Crippen LogP contribution in [0.4, 0.5) is 5.13 Å². The number of pyridine rings is 1. The smallest absolute Gasteiger partial charge is 0.202 e. The molecule has 0 amide bonds. The van der Waals surface area contributed by atoms with Crippen molar-refractivity contribution in [2.45, 2.75) is 0 Å². The maximum absolute atomic E-state index is 4.26. The van der Waals surface area contributed by atoms with Gasteiger partial charge in [-0.15, -0.1) is 0 Å². The summed E-state index contributed by atoms with van der Waals surface area (Å²) in [5.41, 5.74) is 0.769. The Morgan fingerprint density at radius 2 is 2.36 bits per heavy atom. The summed E-state index contributed by atoms with van der Waals surface area (Å²) in [4.78, 5) is 8.47. The summed E-state index contributed by atoms with van der Waals surface area (Å²) in [6.07, 6.45) is 1.72. The van der Waals surface area contributed by atoms with Crippen LogP contribution in [-0.4, -0.2) is 21.4 Å². The highest BCUT2D eigenvalue weighted by Gasteiger charge is 2.09. The first-order chi connectivity index (χ1) is 6.81. The molecule has 2 heterocycles. The van der Waals surface area contributed by atoms with Crippen molar-refractivity contribution in [3.63, 3.8) is 0 Å². The molecule has 0 fully saturated rings. The lowest BCUT2D eigenvalue weighted by Crippen LogP contribution is -1.88. The predicted octanol–water partition coefficient (Wildman–Crippen LogP) is 2.40. The minimum Gasteiger partial charge on any atom is -0.363 e. The third-order valence-electron chi connectivity index (χ3n) is 1.61. The van der Waals surface area contributed by atoms with E-state index >= 15 is 0 Å². The van der Waals surface area contributed by atoms with E-state index in [0.29, 0.717) is 5.82 Å². The second kappa shape index (κ2) is 4.02. The molecule has 4 nitrogen and oxygen atoms in total. The van der Waals surface area contributed by atoms with Gasteiger partial charge in [-0.05, 0) is 28.1 Å². The van der Waals surface area contributed by atoms with Crippen LogP contribution in [0, 0.1) is 0 Å². The van der Waals surface area contributed by atoms with Gasteiger partial charge in [-0.3, -0.25) is 4.98 Å². The Morgan fingerprint density at radius 3 is 3.00 bits per heavy atom. The molecule has 0 atom stereocenters. The molecule has 14 heavy (non-hydrogen) atoms. The summed E-state index contributed by atoms with van der Waals surface area (Å²) in [6, 6.07) is 3.78. The Morgan fingerprint density at radius 1 is 1.50 bits per heavy atom. The first-order valence-electron chi connectivity index (χ1n) is 3.93. The first-order valence-corrected chi connectivity index (χ1v) is 5.50. The largest absolute Gasteiger partial charge is 0.363 e. The molecule has 6 heteroatoms. The second-order valence-electron chi connectivity index (χ2n) is 2.51. The highest BCUT2D eigenvalue weighted by Crippen LogP contribution is 2.25. The zero-order chi connectivity index (χ0) is 9.97. The number of nitrogens with zero attached hydrogens (tertiary/aromatic N) is 3. The molecule has 0 saturated carbocycles. The molecule has 0 unspecified atom stereocenters. The molecule has 0 saturated heterocycles. The molecule has 0 aliphatic rings. The fourth-order valence-corrected chi connectivity index (χ4v) is 1.92. The number of nitrogens with one attached hydrogen (secondary N) is 1. The van der Waals surface area contributed by atoms with Crippen LogP contribution in [-0.2, 0) is 0 Å². The lowest BCUT2D eigenvalue weighted by Gasteiger charge is -1.96. The molecule has 0 radical (unpaired) electrons. The topological polar surface area (TPSA) is 50.7 Å². The maximum atomic E-state index is 4.26. The van der Waals surface area contributed by atoms with E-state index in [1.807, 2.05) is 19.2 Å². The molecule has 0 aliphatic carbocycles. The van der Waals surface area contributed by atoms with E-state index in [1.54, 1.807) is 6.20 Å². The summed E-state index contributed by atoms with van der Waals surface area (Å²) < 4.78 is 5.10. The first kappa shape index (κ1) is 9.54. The minimum atomic E-state index is 0.645. The Kier molecular flexibility index (Phi) is 2.74. The molecule has 0 spiro atoms. The molecule has 1 N–H and O–H groups in total. The summed E-state index contributed by atoms with van der Waals surface area (Å²) in [6.45, 7) is 0. The second-order valence-corrected chi connectivity index (χ2v) is 4.11. The van der Waals surface area contributed by atoms with Crippen molar-refractivity contribution in [1.82, 2.24) is 14.3 Å². The zero-order valence-corrected chi connectivity index (χ0v) is 9.76. The van der Waals surface area contributed by atoms with Gasteiger partial charge in [-0.25, -0.2) is 0 Å². The Hall–Kier alpha value is -1.01. The quantitative estimate of drug-likeness (QED) is 0.911. The van der Waals surface area contributed by atoms with Gasteiger partial charge in [0.25, 0.3) is 0 Å². The van der Waals surface area contributed by atoms with E-state index in [0.717, 1.165) is 15.3 Å². The maximum Gasteiger partial charge on any atom is 0.202 e. The zero-order valence-electron chi connectivity index (χ0n) is 7.36. The third-order valence-corrected chi connectivity index (χ3v) is 2.98. The van der Waals surface area contributed by atoms with Crippen LogP contribution in [0.15, 0.2) is 22.8 Å². The van der Waals surface area contributed by atoms with Crippen molar-refractivity contribution in [2.24, 2.45) is 0 Å². The summed E-state index contributed by atoms with van der Waals surface area (Å²) >= 11 is 4.73. The average molecular weight is 271 g/mol. The number of hydrogen-bond acceptors (Lipinski definition) is 5. The number of anilines is 1. The van der Waals surface area contributed by atoms with Crippen LogP contribution in [0.1, 0.15) is 0 Å². The van der Waals surface area contributed by atoms with E-state index in [1.165, 1.54) is 11.5 Å². The van der Waals surface area contributed by atoms with Crippen molar-refractivity contribution in [1.29, 1.82) is 0 Å². The molecule has 2 rings (SSSR count). The fourth-order valence-electron chi connectivity index (χ4n) is 0.971. The highest BCUT2D eigenvalue weighted by atomic mass is 79.9. The normalized spacial score (nSPS) is 10.1. The average Bonchev–Trinajstić information content (AvgIpc) is 2.67. The van der Waals surface area contributed by atoms with Gasteiger partial charge in [0.1, 0.15) is 5.69 Å². The standard InChI is InChI=1S/C8H7BrN4S/c1-10-8-12-7(13-14-8)6-5(9)3-2-4-11-6/h2-4H,1H3,(H,10,12,13). The number of aromatic nitrogens is 3. The van der Waals surface area contributed by atoms with Gasteiger partial charge < -0.3 is 5.32 Å². The Balaban J connectivity index is 2.44. The van der Waals surface area contributed by atoms with E-state index in [-0.39, 0.29) is 0 Å². The van der Waals surface area contributed by atoms with Crippen molar-refractivity contribution in [2.75, 3.05) is 12.4 Å². The van der Waals surface area contributed by atoms with Gasteiger partial charge in [-0.2, -0.15) is 9.36 Å².